The van der Waals surface area contributed by atoms with E-state index >= 15 is 0 Å². The van der Waals surface area contributed by atoms with Crippen LogP contribution in [0.1, 0.15) is 43.7 Å². The van der Waals surface area contributed by atoms with Crippen LogP contribution in [0.3, 0.4) is 0 Å². The fourth-order valence-corrected chi connectivity index (χ4v) is 3.29. The summed E-state index contributed by atoms with van der Waals surface area (Å²) >= 11 is 6.21. The van der Waals surface area contributed by atoms with Gasteiger partial charge >= 0.3 is 0 Å². The number of thioether (sulfide) groups is 1. The molecule has 0 amide bonds. The molecule has 2 aromatic rings. The molecule has 5 heteroatoms. The van der Waals surface area contributed by atoms with Crippen molar-refractivity contribution in [3.8, 4) is 11.8 Å². The molecule has 0 radical (unpaired) electrons. The molecule has 2 aromatic carbocycles. The van der Waals surface area contributed by atoms with Crippen LogP contribution in [0.2, 0.25) is 0 Å². The third kappa shape index (κ3) is 6.38. The van der Waals surface area contributed by atoms with Gasteiger partial charge in [-0.2, -0.15) is 4.99 Å². The number of benzene rings is 2. The van der Waals surface area contributed by atoms with E-state index in [0.717, 1.165) is 23.4 Å². The lowest BCUT2D eigenvalue weighted by Crippen LogP contribution is -1.86. The molecule has 0 heterocycles. The number of hydrogen-bond acceptors (Lipinski definition) is 3. The molecule has 0 unspecified atom stereocenters. The lowest BCUT2D eigenvalue weighted by molar-refractivity contribution is 0.587. The second-order valence-corrected chi connectivity index (χ2v) is 7.03. The summed E-state index contributed by atoms with van der Waals surface area (Å²) in [5.41, 5.74) is 0.602. The van der Waals surface area contributed by atoms with E-state index in [9.17, 15) is 8.78 Å². The minimum absolute atomic E-state index is 0.248. The number of hydrogen-bond donors (Lipinski definition) is 0. The van der Waals surface area contributed by atoms with Crippen LogP contribution >= 0.6 is 24.0 Å². The molecule has 0 bridgehead atoms. The molecule has 0 saturated heterocycles. The Kier molecular flexibility index (Phi) is 8.50. The smallest absolute Gasteiger partial charge is 0.153 e. The highest BCUT2D eigenvalue weighted by atomic mass is 32.2. The van der Waals surface area contributed by atoms with Crippen LogP contribution in [0.4, 0.5) is 14.5 Å². The van der Waals surface area contributed by atoms with Crippen molar-refractivity contribution in [2.75, 3.05) is 5.75 Å². The van der Waals surface area contributed by atoms with E-state index in [1.165, 1.54) is 30.6 Å². The summed E-state index contributed by atoms with van der Waals surface area (Å²) < 4.78 is 27.6. The molecule has 0 aliphatic heterocycles. The van der Waals surface area contributed by atoms with Gasteiger partial charge in [-0.05, 0) is 60.8 Å². The molecule has 0 fully saturated rings. The van der Waals surface area contributed by atoms with Crippen LogP contribution in [0.5, 0.6) is 0 Å². The fraction of sp³-hybridized carbons (Fsp3) is 0.286. The zero-order valence-electron chi connectivity index (χ0n) is 14.5. The van der Waals surface area contributed by atoms with Crippen molar-refractivity contribution < 1.29 is 8.78 Å². The van der Waals surface area contributed by atoms with Crippen molar-refractivity contribution in [3.05, 3.63) is 59.2 Å². The molecule has 0 aliphatic carbocycles. The van der Waals surface area contributed by atoms with Crippen LogP contribution < -0.4 is 0 Å². The SMILES string of the molecule is CCCCCCSc1ccc(C#Cc2cc(F)c(N=C=S)c(F)c2)cc1. The van der Waals surface area contributed by atoms with E-state index in [1.54, 1.807) is 0 Å². The lowest BCUT2D eigenvalue weighted by Gasteiger charge is -2.01. The Morgan fingerprint density at radius 2 is 1.62 bits per heavy atom. The maximum atomic E-state index is 13.8. The van der Waals surface area contributed by atoms with Gasteiger partial charge < -0.3 is 0 Å². The summed E-state index contributed by atoms with van der Waals surface area (Å²) in [5.74, 6) is 5.19. The summed E-state index contributed by atoms with van der Waals surface area (Å²) in [5, 5.41) is 1.96. The van der Waals surface area contributed by atoms with E-state index in [0.29, 0.717) is 0 Å². The van der Waals surface area contributed by atoms with Gasteiger partial charge in [-0.25, -0.2) is 8.78 Å². The first-order chi connectivity index (χ1) is 12.6. The highest BCUT2D eigenvalue weighted by molar-refractivity contribution is 7.99. The quantitative estimate of drug-likeness (QED) is 0.171. The minimum atomic E-state index is -0.804. The standard InChI is InChI=1S/C21H19F2NS2/c1-2-3-4-5-12-26-18-10-8-16(9-11-18)6-7-17-13-19(22)21(24-15-25)20(23)14-17/h8-11,13-14H,2-5,12H2,1H3. The molecule has 0 N–H and O–H groups in total. The van der Waals surface area contributed by atoms with Crippen molar-refractivity contribution in [3.63, 3.8) is 0 Å². The lowest BCUT2D eigenvalue weighted by atomic mass is 10.1. The molecular formula is C21H19F2NS2. The van der Waals surface area contributed by atoms with Crippen LogP contribution in [0.25, 0.3) is 0 Å². The Morgan fingerprint density at radius 3 is 2.23 bits per heavy atom. The van der Waals surface area contributed by atoms with Crippen LogP contribution in [0, 0.1) is 23.5 Å². The minimum Gasteiger partial charge on any atom is -0.204 e. The second-order valence-electron chi connectivity index (χ2n) is 5.68. The van der Waals surface area contributed by atoms with Gasteiger partial charge in [0.25, 0.3) is 0 Å². The fourth-order valence-electron chi connectivity index (χ4n) is 2.29. The number of unbranched alkanes of at least 4 members (excludes halogenated alkanes) is 3. The summed E-state index contributed by atoms with van der Waals surface area (Å²) in [4.78, 5) is 4.58. The molecule has 2 rings (SSSR count). The molecule has 0 aromatic heterocycles. The molecule has 0 aliphatic rings. The zero-order valence-corrected chi connectivity index (χ0v) is 16.2. The molecular weight excluding hydrogens is 368 g/mol. The van der Waals surface area contributed by atoms with Crippen molar-refractivity contribution in [2.45, 2.75) is 37.5 Å². The molecule has 26 heavy (non-hydrogen) atoms. The first kappa shape index (κ1) is 20.3. The molecule has 1 nitrogen and oxygen atoms in total. The topological polar surface area (TPSA) is 12.4 Å². The van der Waals surface area contributed by atoms with E-state index < -0.39 is 17.3 Å². The van der Waals surface area contributed by atoms with Gasteiger partial charge in [0.05, 0.1) is 5.16 Å². The van der Waals surface area contributed by atoms with Gasteiger partial charge in [0.15, 0.2) is 11.6 Å². The summed E-state index contributed by atoms with van der Waals surface area (Å²) in [7, 11) is 0. The van der Waals surface area contributed by atoms with Gasteiger partial charge in [-0.1, -0.05) is 38.0 Å². The number of nitrogens with zero attached hydrogens (tertiary/aromatic N) is 1. The zero-order chi connectivity index (χ0) is 18.8. The molecule has 0 atom stereocenters. The van der Waals surface area contributed by atoms with Gasteiger partial charge in [-0.15, -0.1) is 11.8 Å². The van der Waals surface area contributed by atoms with Crippen LogP contribution in [-0.2, 0) is 0 Å². The number of thiocarbonyl (C=S) groups is 1. The summed E-state index contributed by atoms with van der Waals surface area (Å²) in [6.45, 7) is 2.21. The predicted molar refractivity (Wildman–Crippen MR) is 108 cm³/mol. The molecule has 134 valence electrons. The Labute approximate surface area is 162 Å². The Balaban J connectivity index is 2.01. The normalized spacial score (nSPS) is 9.96. The van der Waals surface area contributed by atoms with E-state index in [-0.39, 0.29) is 5.56 Å². The molecule has 0 saturated carbocycles. The third-order valence-corrected chi connectivity index (χ3v) is 4.84. The van der Waals surface area contributed by atoms with Gasteiger partial charge in [0.2, 0.25) is 0 Å². The Hall–Kier alpha value is -1.99. The average Bonchev–Trinajstić information content (AvgIpc) is 2.64. The van der Waals surface area contributed by atoms with Crippen LogP contribution in [-0.4, -0.2) is 10.9 Å². The number of rotatable bonds is 7. The van der Waals surface area contributed by atoms with Crippen molar-refractivity contribution in [2.24, 2.45) is 4.99 Å². The number of isothiocyanates is 1. The predicted octanol–water partition coefficient (Wildman–Crippen LogP) is 6.77. The average molecular weight is 388 g/mol. The second kappa shape index (κ2) is 10.9. The monoisotopic (exact) mass is 387 g/mol. The Bertz CT molecular complexity index is 822. The van der Waals surface area contributed by atoms with Crippen molar-refractivity contribution in [1.29, 1.82) is 0 Å². The van der Waals surface area contributed by atoms with E-state index in [1.807, 2.05) is 41.2 Å². The third-order valence-electron chi connectivity index (χ3n) is 3.65. The summed E-state index contributed by atoms with van der Waals surface area (Å²) in [6.07, 6.45) is 5.03. The highest BCUT2D eigenvalue weighted by Gasteiger charge is 2.09. The first-order valence-corrected chi connectivity index (χ1v) is 9.85. The maximum absolute atomic E-state index is 13.8. The van der Waals surface area contributed by atoms with Crippen molar-refractivity contribution >= 4 is 34.8 Å². The number of halogens is 2. The van der Waals surface area contributed by atoms with Gasteiger partial charge in [0, 0.05) is 16.0 Å². The van der Waals surface area contributed by atoms with Gasteiger partial charge in [-0.3, -0.25) is 0 Å². The number of aliphatic imine (C=N–C) groups is 1. The molecule has 0 spiro atoms. The largest absolute Gasteiger partial charge is 0.204 e. The van der Waals surface area contributed by atoms with Crippen molar-refractivity contribution in [1.82, 2.24) is 0 Å². The first-order valence-electron chi connectivity index (χ1n) is 8.46. The maximum Gasteiger partial charge on any atom is 0.153 e. The van der Waals surface area contributed by atoms with E-state index in [2.05, 4.69) is 36.0 Å². The van der Waals surface area contributed by atoms with Gasteiger partial charge in [0.1, 0.15) is 5.69 Å². The summed E-state index contributed by atoms with van der Waals surface area (Å²) in [6, 6.07) is 10.2. The van der Waals surface area contributed by atoms with E-state index in [4.69, 9.17) is 0 Å². The Morgan fingerprint density at radius 1 is 0.962 bits per heavy atom. The highest BCUT2D eigenvalue weighted by Crippen LogP contribution is 2.23. The van der Waals surface area contributed by atoms with Crippen LogP contribution in [0.15, 0.2) is 46.3 Å².